The molecule has 0 fully saturated rings. The highest BCUT2D eigenvalue weighted by atomic mass is 32.1. The molecule has 38 heavy (non-hydrogen) atoms. The molecule has 0 aliphatic carbocycles. The van der Waals surface area contributed by atoms with Gasteiger partial charge in [0, 0.05) is 35.5 Å². The molecular weight excluding hydrogens is 496 g/mol. The zero-order valence-corrected chi connectivity index (χ0v) is 21.8. The van der Waals surface area contributed by atoms with E-state index in [1.54, 1.807) is 31.5 Å². The Balaban J connectivity index is 1.55. The Labute approximate surface area is 223 Å². The number of amides is 1. The topological polar surface area (TPSA) is 105 Å². The standard InChI is InChI=1S/C30H24N4O3S/c1-17(2)23(16-31-3)20-13-14-24(32-27(20)29(36)37)19-12-11-18-7-6-8-21(22(18)15-19)28(35)34-30-33-25-9-4-5-10-26(25)38-30/h4-16H,1-3H3,(H,36,37)(H,33,34,35). The predicted molar refractivity (Wildman–Crippen MR) is 154 cm³/mol. The van der Waals surface area contributed by atoms with Gasteiger partial charge in [-0.05, 0) is 61.0 Å². The number of para-hydroxylation sites is 1. The number of fused-ring (bicyclic) bond motifs is 2. The second kappa shape index (κ2) is 10.4. The Kier molecular flexibility index (Phi) is 6.81. The summed E-state index contributed by atoms with van der Waals surface area (Å²) in [7, 11) is 1.64. The van der Waals surface area contributed by atoms with Gasteiger partial charge < -0.3 is 5.11 Å². The molecule has 5 aromatic rings. The molecule has 8 heteroatoms. The van der Waals surface area contributed by atoms with Crippen molar-refractivity contribution in [2.24, 2.45) is 4.99 Å². The van der Waals surface area contributed by atoms with Gasteiger partial charge in [0.15, 0.2) is 10.8 Å². The highest BCUT2D eigenvalue weighted by Crippen LogP contribution is 2.30. The summed E-state index contributed by atoms with van der Waals surface area (Å²) in [5, 5.41) is 15.0. The molecule has 188 valence electrons. The lowest BCUT2D eigenvalue weighted by molar-refractivity contribution is 0.0690. The molecule has 2 N–H and O–H groups in total. The summed E-state index contributed by atoms with van der Waals surface area (Å²) in [4.78, 5) is 38.5. The summed E-state index contributed by atoms with van der Waals surface area (Å²) in [5.74, 6) is -1.39. The van der Waals surface area contributed by atoms with Gasteiger partial charge in [0.1, 0.15) is 0 Å². The zero-order chi connectivity index (χ0) is 26.8. The van der Waals surface area contributed by atoms with Crippen molar-refractivity contribution in [3.05, 3.63) is 95.2 Å². The summed E-state index contributed by atoms with van der Waals surface area (Å²) >= 11 is 1.42. The van der Waals surface area contributed by atoms with Crippen LogP contribution in [0, 0.1) is 0 Å². The van der Waals surface area contributed by atoms with Crippen LogP contribution in [0.3, 0.4) is 0 Å². The van der Waals surface area contributed by atoms with E-state index in [-0.39, 0.29) is 11.6 Å². The maximum atomic E-state index is 13.3. The Bertz CT molecular complexity index is 1750. The van der Waals surface area contributed by atoms with Gasteiger partial charge >= 0.3 is 5.97 Å². The van der Waals surface area contributed by atoms with Crippen molar-refractivity contribution in [1.82, 2.24) is 9.97 Å². The molecule has 0 spiro atoms. The average Bonchev–Trinajstić information content (AvgIpc) is 3.33. The molecule has 0 saturated heterocycles. The predicted octanol–water partition coefficient (Wildman–Crippen LogP) is 6.96. The summed E-state index contributed by atoms with van der Waals surface area (Å²) < 4.78 is 0.994. The molecule has 0 aliphatic heterocycles. The first-order valence-corrected chi connectivity index (χ1v) is 12.7. The van der Waals surface area contributed by atoms with E-state index < -0.39 is 5.97 Å². The third-order valence-electron chi connectivity index (χ3n) is 6.12. The summed E-state index contributed by atoms with van der Waals surface area (Å²) in [6, 6.07) is 22.4. The van der Waals surface area contributed by atoms with E-state index in [2.05, 4.69) is 20.3 Å². The normalized spacial score (nSPS) is 11.2. The number of aromatic nitrogens is 2. The fourth-order valence-electron chi connectivity index (χ4n) is 4.32. The number of anilines is 1. The van der Waals surface area contributed by atoms with Gasteiger partial charge in [-0.2, -0.15) is 0 Å². The van der Waals surface area contributed by atoms with Gasteiger partial charge in [-0.1, -0.05) is 53.3 Å². The maximum absolute atomic E-state index is 13.3. The van der Waals surface area contributed by atoms with E-state index in [4.69, 9.17) is 0 Å². The van der Waals surface area contributed by atoms with Crippen LogP contribution in [0.4, 0.5) is 5.13 Å². The fraction of sp³-hybridized carbons (Fsp3) is 0.100. The van der Waals surface area contributed by atoms with Crippen molar-refractivity contribution in [2.75, 3.05) is 12.4 Å². The molecule has 0 radical (unpaired) electrons. The minimum absolute atomic E-state index is 0.0550. The number of nitrogens with zero attached hydrogens (tertiary/aromatic N) is 3. The first-order valence-electron chi connectivity index (χ1n) is 11.9. The quantitative estimate of drug-likeness (QED) is 0.236. The number of allylic oxidation sites excluding steroid dienone is 2. The second-order valence-electron chi connectivity index (χ2n) is 8.88. The van der Waals surface area contributed by atoms with Crippen molar-refractivity contribution in [3.8, 4) is 11.3 Å². The number of aliphatic imine (C=N–C) groups is 1. The number of thiazole rings is 1. The number of carboxylic acid groups (broad SMARTS) is 1. The number of carbonyl (C=O) groups is 2. The van der Waals surface area contributed by atoms with E-state index in [0.717, 1.165) is 32.1 Å². The van der Waals surface area contributed by atoms with Crippen LogP contribution < -0.4 is 5.32 Å². The van der Waals surface area contributed by atoms with E-state index in [1.165, 1.54) is 11.3 Å². The molecule has 0 atom stereocenters. The van der Waals surface area contributed by atoms with Gasteiger partial charge in [-0.3, -0.25) is 15.1 Å². The van der Waals surface area contributed by atoms with E-state index >= 15 is 0 Å². The van der Waals surface area contributed by atoms with Crippen molar-refractivity contribution in [2.45, 2.75) is 13.8 Å². The molecule has 0 saturated carbocycles. The van der Waals surface area contributed by atoms with E-state index in [9.17, 15) is 14.7 Å². The molecule has 0 unspecified atom stereocenters. The van der Waals surface area contributed by atoms with Gasteiger partial charge in [0.05, 0.1) is 15.9 Å². The smallest absolute Gasteiger partial charge is 0.355 e. The monoisotopic (exact) mass is 520 g/mol. The van der Waals surface area contributed by atoms with Crippen LogP contribution in [0.15, 0.2) is 83.4 Å². The van der Waals surface area contributed by atoms with Gasteiger partial charge in [-0.15, -0.1) is 0 Å². The Hall–Kier alpha value is -4.69. The summed E-state index contributed by atoms with van der Waals surface area (Å²) in [5.41, 5.74) is 4.62. The summed E-state index contributed by atoms with van der Waals surface area (Å²) in [6.07, 6.45) is 1.64. The molecule has 2 heterocycles. The summed E-state index contributed by atoms with van der Waals surface area (Å²) in [6.45, 7) is 3.81. The van der Waals surface area contributed by atoms with Crippen LogP contribution in [0.2, 0.25) is 0 Å². The number of rotatable bonds is 6. The van der Waals surface area contributed by atoms with Crippen LogP contribution in [0.5, 0.6) is 0 Å². The lowest BCUT2D eigenvalue weighted by Crippen LogP contribution is -2.12. The third kappa shape index (κ3) is 4.81. The SMILES string of the molecule is CN=CC(=C(C)C)c1ccc(-c2ccc3cccc(C(=O)Nc4nc5ccccc5s4)c3c2)nc1C(=O)O. The van der Waals surface area contributed by atoms with Crippen LogP contribution in [0.1, 0.15) is 40.3 Å². The Morgan fingerprint density at radius 2 is 1.76 bits per heavy atom. The number of hydrogen-bond donors (Lipinski definition) is 2. The number of benzene rings is 3. The molecule has 0 aliphatic rings. The lowest BCUT2D eigenvalue weighted by atomic mass is 9.97. The van der Waals surface area contributed by atoms with E-state index in [1.807, 2.05) is 68.4 Å². The molecule has 2 aromatic heterocycles. The number of nitrogens with one attached hydrogen (secondary N) is 1. The molecular formula is C30H24N4O3S. The third-order valence-corrected chi connectivity index (χ3v) is 7.07. The molecule has 0 bridgehead atoms. The van der Waals surface area contributed by atoms with Crippen molar-refractivity contribution in [3.63, 3.8) is 0 Å². The zero-order valence-electron chi connectivity index (χ0n) is 21.0. The number of hydrogen-bond acceptors (Lipinski definition) is 6. The minimum atomic E-state index is -1.12. The highest BCUT2D eigenvalue weighted by molar-refractivity contribution is 7.22. The lowest BCUT2D eigenvalue weighted by Gasteiger charge is -2.12. The molecule has 3 aromatic carbocycles. The van der Waals surface area contributed by atoms with Gasteiger partial charge in [0.2, 0.25) is 0 Å². The first-order chi connectivity index (χ1) is 18.4. The van der Waals surface area contributed by atoms with Crippen molar-refractivity contribution < 1.29 is 14.7 Å². The Morgan fingerprint density at radius 3 is 2.50 bits per heavy atom. The van der Waals surface area contributed by atoms with Crippen LogP contribution >= 0.6 is 11.3 Å². The van der Waals surface area contributed by atoms with Gasteiger partial charge in [0.25, 0.3) is 5.91 Å². The number of carboxylic acids is 1. The second-order valence-corrected chi connectivity index (χ2v) is 9.91. The van der Waals surface area contributed by atoms with Crippen molar-refractivity contribution >= 4 is 61.1 Å². The van der Waals surface area contributed by atoms with Crippen LogP contribution in [-0.2, 0) is 0 Å². The fourth-order valence-corrected chi connectivity index (χ4v) is 5.18. The molecule has 7 nitrogen and oxygen atoms in total. The van der Waals surface area contributed by atoms with Crippen LogP contribution in [-0.4, -0.2) is 40.2 Å². The Morgan fingerprint density at radius 1 is 0.947 bits per heavy atom. The first kappa shape index (κ1) is 25.0. The minimum Gasteiger partial charge on any atom is -0.476 e. The number of aromatic carboxylic acids is 1. The highest BCUT2D eigenvalue weighted by Gasteiger charge is 2.18. The maximum Gasteiger partial charge on any atom is 0.355 e. The number of carbonyl (C=O) groups excluding carboxylic acids is 1. The van der Waals surface area contributed by atoms with Gasteiger partial charge in [-0.25, -0.2) is 14.8 Å². The number of pyridine rings is 1. The van der Waals surface area contributed by atoms with Crippen LogP contribution in [0.25, 0.3) is 37.8 Å². The largest absolute Gasteiger partial charge is 0.476 e. The van der Waals surface area contributed by atoms with E-state index in [0.29, 0.717) is 27.5 Å². The van der Waals surface area contributed by atoms with Crippen molar-refractivity contribution in [1.29, 1.82) is 0 Å². The average molecular weight is 521 g/mol. The molecule has 5 rings (SSSR count). The molecule has 1 amide bonds.